The van der Waals surface area contributed by atoms with Crippen LogP contribution in [0.3, 0.4) is 0 Å². The Hall–Kier alpha value is -3.81. The van der Waals surface area contributed by atoms with Crippen LogP contribution in [0.25, 0.3) is 11.1 Å². The Balaban J connectivity index is 1.99. The van der Waals surface area contributed by atoms with Crippen LogP contribution in [0.1, 0.15) is 61.0 Å². The summed E-state index contributed by atoms with van der Waals surface area (Å²) in [6.45, 7) is 9.30. The molecule has 0 radical (unpaired) electrons. The van der Waals surface area contributed by atoms with Gasteiger partial charge in [0.2, 0.25) is 5.91 Å². The monoisotopic (exact) mass is 493 g/mol. The molecule has 0 saturated heterocycles. The molecule has 0 aliphatic heterocycles. The number of carboxylic acids is 1. The second kappa shape index (κ2) is 11.3. The Bertz CT molecular complexity index is 1310. The first-order valence-electron chi connectivity index (χ1n) is 11.9. The van der Waals surface area contributed by atoms with Gasteiger partial charge in [-0.15, -0.1) is 0 Å². The van der Waals surface area contributed by atoms with E-state index in [1.807, 2.05) is 13.8 Å². The highest BCUT2D eigenvalue weighted by Crippen LogP contribution is 2.30. The van der Waals surface area contributed by atoms with Crippen molar-refractivity contribution in [1.29, 1.82) is 0 Å². The van der Waals surface area contributed by atoms with Crippen LogP contribution in [0.15, 0.2) is 53.7 Å². The highest BCUT2D eigenvalue weighted by atomic mass is 19.1. The van der Waals surface area contributed by atoms with E-state index >= 15 is 0 Å². The van der Waals surface area contributed by atoms with Gasteiger partial charge in [-0.25, -0.2) is 4.39 Å². The number of hydrogen-bond donors (Lipinski definition) is 2. The predicted octanol–water partition coefficient (Wildman–Crippen LogP) is 4.89. The molecule has 2 heterocycles. The number of rotatable bonds is 9. The van der Waals surface area contributed by atoms with Crippen LogP contribution in [0.2, 0.25) is 0 Å². The molecular formula is C28H32FN3O4. The minimum Gasteiger partial charge on any atom is -0.481 e. The van der Waals surface area contributed by atoms with Gasteiger partial charge in [-0.3, -0.25) is 19.4 Å². The third kappa shape index (κ3) is 6.44. The highest BCUT2D eigenvalue weighted by molar-refractivity contribution is 5.82. The maximum absolute atomic E-state index is 13.8. The zero-order valence-corrected chi connectivity index (χ0v) is 21.2. The molecule has 0 aliphatic rings. The van der Waals surface area contributed by atoms with E-state index < -0.39 is 24.0 Å². The van der Waals surface area contributed by atoms with Gasteiger partial charge in [0.1, 0.15) is 11.9 Å². The largest absolute Gasteiger partial charge is 0.481 e. The molecule has 0 spiro atoms. The molecule has 0 fully saturated rings. The fraction of sp³-hybridized carbons (Fsp3) is 0.357. The van der Waals surface area contributed by atoms with Crippen molar-refractivity contribution in [2.24, 2.45) is 5.92 Å². The van der Waals surface area contributed by atoms with E-state index in [1.165, 1.54) is 29.0 Å². The first-order chi connectivity index (χ1) is 17.0. The summed E-state index contributed by atoms with van der Waals surface area (Å²) in [6.07, 6.45) is 4.78. The maximum Gasteiger partial charge on any atom is 0.305 e. The molecule has 1 aromatic carbocycles. The zero-order chi connectivity index (χ0) is 26.6. The van der Waals surface area contributed by atoms with Crippen molar-refractivity contribution >= 4 is 11.9 Å². The van der Waals surface area contributed by atoms with E-state index in [-0.39, 0.29) is 23.7 Å². The molecule has 3 rings (SSSR count). The van der Waals surface area contributed by atoms with E-state index in [0.717, 1.165) is 22.3 Å². The van der Waals surface area contributed by atoms with Crippen molar-refractivity contribution in [2.45, 2.75) is 59.5 Å². The van der Waals surface area contributed by atoms with Gasteiger partial charge >= 0.3 is 5.97 Å². The molecule has 1 amide bonds. The Morgan fingerprint density at radius 1 is 1.08 bits per heavy atom. The van der Waals surface area contributed by atoms with Crippen LogP contribution in [0.4, 0.5) is 4.39 Å². The molecule has 0 bridgehead atoms. The summed E-state index contributed by atoms with van der Waals surface area (Å²) in [4.78, 5) is 42.1. The van der Waals surface area contributed by atoms with Crippen LogP contribution < -0.4 is 10.9 Å². The molecule has 36 heavy (non-hydrogen) atoms. The van der Waals surface area contributed by atoms with E-state index in [9.17, 15) is 23.9 Å². The number of halogens is 1. The van der Waals surface area contributed by atoms with E-state index in [0.29, 0.717) is 17.5 Å². The second-order valence-corrected chi connectivity index (χ2v) is 9.68. The number of carbonyl (C=O) groups is 2. The van der Waals surface area contributed by atoms with Crippen LogP contribution in [-0.4, -0.2) is 26.5 Å². The number of carboxylic acid groups (broad SMARTS) is 1. The van der Waals surface area contributed by atoms with E-state index in [4.69, 9.17) is 0 Å². The molecule has 190 valence electrons. The number of benzene rings is 1. The number of aryl methyl sites for hydroxylation is 3. The maximum atomic E-state index is 13.8. The van der Waals surface area contributed by atoms with Crippen LogP contribution in [-0.2, 0) is 9.59 Å². The van der Waals surface area contributed by atoms with Gasteiger partial charge in [-0.05, 0) is 85.2 Å². The molecule has 2 N–H and O–H groups in total. The molecule has 7 nitrogen and oxygen atoms in total. The Morgan fingerprint density at radius 3 is 2.33 bits per heavy atom. The smallest absolute Gasteiger partial charge is 0.305 e. The molecule has 8 heteroatoms. The molecule has 0 aliphatic carbocycles. The average Bonchev–Trinajstić information content (AvgIpc) is 2.76. The Kier molecular flexibility index (Phi) is 8.40. The second-order valence-electron chi connectivity index (χ2n) is 9.68. The summed E-state index contributed by atoms with van der Waals surface area (Å²) in [5.74, 6) is -1.76. The number of nitrogens with zero attached hydrogens (tertiary/aromatic N) is 2. The quantitative estimate of drug-likeness (QED) is 0.442. The lowest BCUT2D eigenvalue weighted by Crippen LogP contribution is -2.40. The third-order valence-electron chi connectivity index (χ3n) is 6.08. The number of amides is 1. The number of carbonyl (C=O) groups excluding carboxylic acids is 1. The third-order valence-corrected chi connectivity index (χ3v) is 6.08. The summed E-state index contributed by atoms with van der Waals surface area (Å²) < 4.78 is 15.2. The Morgan fingerprint density at radius 2 is 1.75 bits per heavy atom. The lowest BCUT2D eigenvalue weighted by molar-refractivity contribution is -0.138. The highest BCUT2D eigenvalue weighted by Gasteiger charge is 2.27. The lowest BCUT2D eigenvalue weighted by atomic mass is 9.94. The van der Waals surface area contributed by atoms with Crippen LogP contribution in [0.5, 0.6) is 0 Å². The number of aromatic nitrogens is 2. The molecule has 0 saturated carbocycles. The Labute approximate surface area is 210 Å². The van der Waals surface area contributed by atoms with Crippen LogP contribution >= 0.6 is 0 Å². The number of hydrogen-bond acceptors (Lipinski definition) is 4. The van der Waals surface area contributed by atoms with Crippen molar-refractivity contribution < 1.29 is 19.1 Å². The average molecular weight is 494 g/mol. The normalized spacial score (nSPS) is 12.9. The van der Waals surface area contributed by atoms with Crippen molar-refractivity contribution in [3.05, 3.63) is 87.3 Å². The molecule has 3 aromatic rings. The molecular weight excluding hydrogens is 461 g/mol. The van der Waals surface area contributed by atoms with Gasteiger partial charge < -0.3 is 15.0 Å². The van der Waals surface area contributed by atoms with Crippen molar-refractivity contribution in [3.63, 3.8) is 0 Å². The number of nitrogens with one attached hydrogen (secondary N) is 1. The van der Waals surface area contributed by atoms with Gasteiger partial charge in [0.05, 0.1) is 12.5 Å². The van der Waals surface area contributed by atoms with Gasteiger partial charge in [-0.2, -0.15) is 0 Å². The fourth-order valence-electron chi connectivity index (χ4n) is 4.49. The summed E-state index contributed by atoms with van der Waals surface area (Å²) in [5, 5.41) is 12.4. The van der Waals surface area contributed by atoms with Gasteiger partial charge in [0.15, 0.2) is 0 Å². The van der Waals surface area contributed by atoms with Gasteiger partial charge in [0, 0.05) is 30.2 Å². The molecule has 1 unspecified atom stereocenters. The van der Waals surface area contributed by atoms with Crippen molar-refractivity contribution in [1.82, 2.24) is 14.9 Å². The van der Waals surface area contributed by atoms with Crippen molar-refractivity contribution in [2.75, 3.05) is 0 Å². The standard InChI is InChI=1S/C28H32FN3O4/c1-16(2)8-24(32-7-6-17(3)9-25(32)33)28(36)31-23(13-26(34)35)20-12-21(15-30-14-20)27-18(4)10-22(29)11-19(27)5/h6-7,9-12,14-16,23-24H,8,13H2,1-5H3,(H,31,36)(H,34,35)/t23-,24?/m0/s1. The van der Waals surface area contributed by atoms with Crippen molar-refractivity contribution in [3.8, 4) is 11.1 Å². The lowest BCUT2D eigenvalue weighted by Gasteiger charge is -2.25. The molecule has 2 atom stereocenters. The van der Waals surface area contributed by atoms with Crippen LogP contribution in [0, 0.1) is 32.5 Å². The summed E-state index contributed by atoms with van der Waals surface area (Å²) in [6, 6.07) is 6.19. The van der Waals surface area contributed by atoms with Gasteiger partial charge in [-0.1, -0.05) is 13.8 Å². The van der Waals surface area contributed by atoms with E-state index in [2.05, 4.69) is 10.3 Å². The summed E-state index contributed by atoms with van der Waals surface area (Å²) >= 11 is 0. The van der Waals surface area contributed by atoms with Gasteiger partial charge in [0.25, 0.3) is 5.56 Å². The van der Waals surface area contributed by atoms with E-state index in [1.54, 1.807) is 45.3 Å². The predicted molar refractivity (Wildman–Crippen MR) is 136 cm³/mol. The summed E-state index contributed by atoms with van der Waals surface area (Å²) in [5.41, 5.74) is 3.94. The first-order valence-corrected chi connectivity index (χ1v) is 11.9. The summed E-state index contributed by atoms with van der Waals surface area (Å²) in [7, 11) is 0. The topological polar surface area (TPSA) is 101 Å². The minimum atomic E-state index is -1.09. The SMILES string of the molecule is Cc1ccn(C(CC(C)C)C(=O)N[C@@H](CC(=O)O)c2cncc(-c3c(C)cc(F)cc3C)c2)c(=O)c1. The zero-order valence-electron chi connectivity index (χ0n) is 21.2. The number of pyridine rings is 2. The molecule has 2 aromatic heterocycles. The number of aliphatic carboxylic acids is 1. The first kappa shape index (κ1) is 26.8. The fourth-order valence-corrected chi connectivity index (χ4v) is 4.49. The minimum absolute atomic E-state index is 0.112.